The van der Waals surface area contributed by atoms with Crippen LogP contribution in [-0.2, 0) is 14.6 Å². The molecule has 2 fully saturated rings. The Balaban J connectivity index is 2.24. The first-order valence-electron chi connectivity index (χ1n) is 8.40. The van der Waals surface area contributed by atoms with Crippen LogP contribution in [0.5, 0.6) is 0 Å². The third-order valence-electron chi connectivity index (χ3n) is 4.73. The van der Waals surface area contributed by atoms with Crippen molar-refractivity contribution in [1.29, 1.82) is 0 Å². The largest absolute Gasteiger partial charge is 0.334 e. The van der Waals surface area contributed by atoms with Crippen LogP contribution < -0.4 is 0 Å². The van der Waals surface area contributed by atoms with Gasteiger partial charge in [-0.05, 0) is 27.9 Å². The molecule has 0 N–H and O–H groups in total. The first-order chi connectivity index (χ1) is 11.2. The van der Waals surface area contributed by atoms with Crippen molar-refractivity contribution >= 4 is 21.8 Å². The number of likely N-dealkylation sites (N-methyl/N-ethyl adjacent to an activating group) is 1. The summed E-state index contributed by atoms with van der Waals surface area (Å²) >= 11 is 0. The number of hydrogen-bond acceptors (Lipinski definition) is 5. The summed E-state index contributed by atoms with van der Waals surface area (Å²) in [5, 5.41) is 0. The van der Waals surface area contributed by atoms with Gasteiger partial charge in [-0.1, -0.05) is 0 Å². The topological polar surface area (TPSA) is 81.2 Å². The predicted octanol–water partition coefficient (Wildman–Crippen LogP) is -0.680. The van der Waals surface area contributed by atoms with Crippen LogP contribution in [0.1, 0.15) is 13.8 Å². The molecule has 9 heteroatoms. The van der Waals surface area contributed by atoms with Gasteiger partial charge in [0.1, 0.15) is 0 Å². The fraction of sp³-hybridized carbons (Fsp3) is 0.867. The number of urea groups is 1. The molecule has 8 nitrogen and oxygen atoms in total. The molecule has 3 amide bonds. The Kier molecular flexibility index (Phi) is 5.74. The van der Waals surface area contributed by atoms with Gasteiger partial charge in [-0.3, -0.25) is 4.79 Å². The standard InChI is InChI=1S/C15H28N4O4S/c1-5-17(6-2)15(21)19-8-7-18(14(20)9-16(3)4)12-10-24(22,23)11-13(12)19/h12-13H,5-11H2,1-4H3/t12-,13+/m1/s1. The Hall–Kier alpha value is -1.35. The van der Waals surface area contributed by atoms with E-state index in [9.17, 15) is 18.0 Å². The van der Waals surface area contributed by atoms with Crippen molar-refractivity contribution in [3.63, 3.8) is 0 Å². The smallest absolute Gasteiger partial charge is 0.320 e. The zero-order chi connectivity index (χ0) is 18.1. The van der Waals surface area contributed by atoms with Crippen molar-refractivity contribution in [1.82, 2.24) is 19.6 Å². The lowest BCUT2D eigenvalue weighted by Crippen LogP contribution is -2.64. The van der Waals surface area contributed by atoms with Crippen LogP contribution in [0.3, 0.4) is 0 Å². The number of nitrogens with zero attached hydrogens (tertiary/aromatic N) is 4. The van der Waals surface area contributed by atoms with Gasteiger partial charge in [0.2, 0.25) is 5.91 Å². The molecule has 0 radical (unpaired) electrons. The second kappa shape index (κ2) is 7.26. The molecule has 0 spiro atoms. The zero-order valence-electron chi connectivity index (χ0n) is 14.9. The summed E-state index contributed by atoms with van der Waals surface area (Å²) in [4.78, 5) is 31.9. The number of fused-ring (bicyclic) bond motifs is 1. The molecule has 2 heterocycles. The normalized spacial score (nSPS) is 25.7. The van der Waals surface area contributed by atoms with E-state index in [1.54, 1.807) is 33.7 Å². The van der Waals surface area contributed by atoms with Crippen LogP contribution in [0.25, 0.3) is 0 Å². The molecule has 0 aromatic heterocycles. The summed E-state index contributed by atoms with van der Waals surface area (Å²) in [6.45, 7) is 5.98. The van der Waals surface area contributed by atoms with E-state index in [4.69, 9.17) is 0 Å². The summed E-state index contributed by atoms with van der Waals surface area (Å²) in [6, 6.07) is -1.01. The number of amides is 3. The monoisotopic (exact) mass is 360 g/mol. The highest BCUT2D eigenvalue weighted by atomic mass is 32.2. The van der Waals surface area contributed by atoms with Crippen LogP contribution in [0.4, 0.5) is 4.79 Å². The van der Waals surface area contributed by atoms with Gasteiger partial charge < -0.3 is 19.6 Å². The third-order valence-corrected chi connectivity index (χ3v) is 6.43. The highest BCUT2D eigenvalue weighted by molar-refractivity contribution is 7.91. The molecule has 2 saturated heterocycles. The maximum atomic E-state index is 12.7. The van der Waals surface area contributed by atoms with E-state index in [0.29, 0.717) is 26.2 Å². The van der Waals surface area contributed by atoms with Crippen molar-refractivity contribution in [3.05, 3.63) is 0 Å². The van der Waals surface area contributed by atoms with Crippen molar-refractivity contribution in [2.75, 3.05) is 58.3 Å². The second-order valence-corrected chi connectivity index (χ2v) is 8.84. The number of sulfone groups is 1. The van der Waals surface area contributed by atoms with Crippen molar-refractivity contribution < 1.29 is 18.0 Å². The van der Waals surface area contributed by atoms with Gasteiger partial charge in [0.25, 0.3) is 0 Å². The zero-order valence-corrected chi connectivity index (χ0v) is 15.8. The first kappa shape index (κ1) is 19.0. The summed E-state index contributed by atoms with van der Waals surface area (Å²) in [5.41, 5.74) is 0. The molecule has 0 aromatic rings. The fourth-order valence-corrected chi connectivity index (χ4v) is 5.52. The molecule has 24 heavy (non-hydrogen) atoms. The van der Waals surface area contributed by atoms with Crippen molar-refractivity contribution in [3.8, 4) is 0 Å². The van der Waals surface area contributed by atoms with Gasteiger partial charge in [0.05, 0.1) is 30.1 Å². The van der Waals surface area contributed by atoms with E-state index in [2.05, 4.69) is 0 Å². The Morgan fingerprint density at radius 2 is 1.50 bits per heavy atom. The summed E-state index contributed by atoms with van der Waals surface area (Å²) in [7, 11) is 0.364. The highest BCUT2D eigenvalue weighted by Gasteiger charge is 2.49. The number of rotatable bonds is 4. The molecular formula is C15H28N4O4S. The van der Waals surface area contributed by atoms with Crippen LogP contribution in [0, 0.1) is 0 Å². The maximum absolute atomic E-state index is 12.7. The Morgan fingerprint density at radius 3 is 2.00 bits per heavy atom. The molecule has 2 aliphatic heterocycles. The molecule has 0 saturated carbocycles. The Labute approximate surface area is 144 Å². The van der Waals surface area contributed by atoms with Gasteiger partial charge in [0, 0.05) is 26.2 Å². The lowest BCUT2D eigenvalue weighted by Gasteiger charge is -2.45. The lowest BCUT2D eigenvalue weighted by atomic mass is 10.0. The average Bonchev–Trinajstić information content (AvgIpc) is 2.81. The minimum atomic E-state index is -3.25. The maximum Gasteiger partial charge on any atom is 0.320 e. The molecule has 0 aromatic carbocycles. The Bertz CT molecular complexity index is 588. The molecule has 0 aliphatic carbocycles. The Morgan fingerprint density at radius 1 is 1.00 bits per heavy atom. The molecule has 2 atom stereocenters. The molecule has 0 bridgehead atoms. The van der Waals surface area contributed by atoms with E-state index >= 15 is 0 Å². The van der Waals surface area contributed by atoms with Gasteiger partial charge in [-0.25, -0.2) is 13.2 Å². The summed E-state index contributed by atoms with van der Waals surface area (Å²) in [6.07, 6.45) is 0. The quantitative estimate of drug-likeness (QED) is 0.664. The van der Waals surface area contributed by atoms with Crippen LogP contribution in [0.2, 0.25) is 0 Å². The molecular weight excluding hydrogens is 332 g/mol. The van der Waals surface area contributed by atoms with Gasteiger partial charge in [-0.15, -0.1) is 0 Å². The number of carbonyl (C=O) groups excluding carboxylic acids is 2. The minimum Gasteiger partial charge on any atom is -0.334 e. The number of piperazine rings is 1. The van der Waals surface area contributed by atoms with Gasteiger partial charge >= 0.3 is 6.03 Å². The predicted molar refractivity (Wildman–Crippen MR) is 91.5 cm³/mol. The van der Waals surface area contributed by atoms with E-state index < -0.39 is 21.9 Å². The van der Waals surface area contributed by atoms with Gasteiger partial charge in [0.15, 0.2) is 9.84 Å². The third kappa shape index (κ3) is 3.83. The molecule has 138 valence electrons. The van der Waals surface area contributed by atoms with Crippen LogP contribution in [-0.4, -0.2) is 110 Å². The average molecular weight is 360 g/mol. The summed E-state index contributed by atoms with van der Waals surface area (Å²) in [5.74, 6) is -0.197. The SMILES string of the molecule is CCN(CC)C(=O)N1CCN(C(=O)CN(C)C)[C@@H]2CS(=O)(=O)C[C@@H]21. The van der Waals surface area contributed by atoms with Crippen molar-refractivity contribution in [2.45, 2.75) is 25.9 Å². The lowest BCUT2D eigenvalue weighted by molar-refractivity contribution is -0.137. The van der Waals surface area contributed by atoms with E-state index in [1.807, 2.05) is 13.8 Å². The number of carbonyl (C=O) groups is 2. The van der Waals surface area contributed by atoms with E-state index in [1.165, 1.54) is 0 Å². The molecule has 2 aliphatic rings. The van der Waals surface area contributed by atoms with Crippen molar-refractivity contribution in [2.24, 2.45) is 0 Å². The molecule has 0 unspecified atom stereocenters. The number of hydrogen-bond donors (Lipinski definition) is 0. The van der Waals surface area contributed by atoms with Crippen LogP contribution >= 0.6 is 0 Å². The van der Waals surface area contributed by atoms with E-state index in [-0.39, 0.29) is 30.0 Å². The minimum absolute atomic E-state index is 0.0567. The summed E-state index contributed by atoms with van der Waals surface area (Å²) < 4.78 is 24.3. The second-order valence-electron chi connectivity index (χ2n) is 6.68. The highest BCUT2D eigenvalue weighted by Crippen LogP contribution is 2.28. The molecule has 2 rings (SSSR count). The first-order valence-corrected chi connectivity index (χ1v) is 10.2. The van der Waals surface area contributed by atoms with Gasteiger partial charge in [-0.2, -0.15) is 0 Å². The van der Waals surface area contributed by atoms with Crippen LogP contribution in [0.15, 0.2) is 0 Å². The van der Waals surface area contributed by atoms with E-state index in [0.717, 1.165) is 0 Å². The fourth-order valence-electron chi connectivity index (χ4n) is 3.54.